The fourth-order valence-electron chi connectivity index (χ4n) is 2.40. The first-order valence-electron chi connectivity index (χ1n) is 6.11. The van der Waals surface area contributed by atoms with Crippen molar-refractivity contribution in [2.24, 2.45) is 0 Å². The second-order valence-corrected chi connectivity index (χ2v) is 6.63. The van der Waals surface area contributed by atoms with Gasteiger partial charge in [-0.05, 0) is 35.7 Å². The number of hydrogen-bond donors (Lipinski definition) is 2. The molecule has 0 amide bonds. The van der Waals surface area contributed by atoms with Crippen LogP contribution < -0.4 is 10.6 Å². The molecule has 2 aromatic carbocycles. The fraction of sp³-hybridized carbons (Fsp3) is 0.0667. The van der Waals surface area contributed by atoms with Gasteiger partial charge < -0.3 is 10.6 Å². The van der Waals surface area contributed by atoms with Gasteiger partial charge in [0.1, 0.15) is 6.17 Å². The molecule has 1 aromatic heterocycles. The summed E-state index contributed by atoms with van der Waals surface area (Å²) < 4.78 is 2.43. The van der Waals surface area contributed by atoms with Crippen molar-refractivity contribution in [3.63, 3.8) is 0 Å². The minimum absolute atomic E-state index is 0.168. The molecule has 0 fully saturated rings. The van der Waals surface area contributed by atoms with Crippen molar-refractivity contribution in [3.8, 4) is 0 Å². The lowest BCUT2D eigenvalue weighted by Gasteiger charge is -2.09. The van der Waals surface area contributed by atoms with Gasteiger partial charge in [0.25, 0.3) is 0 Å². The molecule has 2 N–H and O–H groups in total. The van der Waals surface area contributed by atoms with E-state index in [0.29, 0.717) is 0 Å². The highest BCUT2D eigenvalue weighted by Crippen LogP contribution is 2.40. The molecule has 1 aliphatic heterocycles. The highest BCUT2D eigenvalue weighted by atomic mass is 79.9. The Labute approximate surface area is 123 Å². The Morgan fingerprint density at radius 1 is 0.947 bits per heavy atom. The van der Waals surface area contributed by atoms with Gasteiger partial charge in [-0.1, -0.05) is 34.1 Å². The van der Waals surface area contributed by atoms with Crippen molar-refractivity contribution in [2.45, 2.75) is 6.17 Å². The van der Waals surface area contributed by atoms with Crippen molar-refractivity contribution in [3.05, 3.63) is 57.9 Å². The number of benzene rings is 2. The van der Waals surface area contributed by atoms with Crippen LogP contribution in [0.25, 0.3) is 10.1 Å². The predicted molar refractivity (Wildman–Crippen MR) is 86.0 cm³/mol. The standard InChI is InChI=1S/C15H11BrN2S/c16-10-5-6-11-12(8-10)18-15(17-11)14-7-9-3-1-2-4-13(9)19-14/h1-8,15,17-18H. The SMILES string of the molecule is Brc1ccc2c(c1)NC(c1cc3ccccc3s1)N2. The monoisotopic (exact) mass is 330 g/mol. The number of fused-ring (bicyclic) bond motifs is 2. The van der Waals surface area contributed by atoms with Gasteiger partial charge in [0.2, 0.25) is 0 Å². The average Bonchev–Trinajstić information content (AvgIpc) is 3.00. The summed E-state index contributed by atoms with van der Waals surface area (Å²) in [7, 11) is 0. The molecule has 2 nitrogen and oxygen atoms in total. The minimum atomic E-state index is 0.168. The van der Waals surface area contributed by atoms with E-state index < -0.39 is 0 Å². The van der Waals surface area contributed by atoms with Gasteiger partial charge in [-0.15, -0.1) is 11.3 Å². The van der Waals surface area contributed by atoms with E-state index in [1.165, 1.54) is 15.0 Å². The molecular formula is C15H11BrN2S. The zero-order chi connectivity index (χ0) is 12.8. The van der Waals surface area contributed by atoms with Crippen LogP contribution in [0, 0.1) is 0 Å². The Bertz CT molecular complexity index is 733. The molecule has 4 rings (SSSR count). The topological polar surface area (TPSA) is 24.1 Å². The van der Waals surface area contributed by atoms with Crippen LogP contribution in [0.15, 0.2) is 53.0 Å². The molecule has 0 saturated heterocycles. The predicted octanol–water partition coefficient (Wildman–Crippen LogP) is 5.20. The van der Waals surface area contributed by atoms with Crippen molar-refractivity contribution >= 4 is 48.7 Å². The zero-order valence-electron chi connectivity index (χ0n) is 9.98. The lowest BCUT2D eigenvalue weighted by atomic mass is 10.2. The normalized spacial score (nSPS) is 17.0. The Hall–Kier alpha value is -1.52. The molecule has 1 unspecified atom stereocenters. The van der Waals surface area contributed by atoms with E-state index >= 15 is 0 Å². The summed E-state index contributed by atoms with van der Waals surface area (Å²) in [5.41, 5.74) is 2.31. The van der Waals surface area contributed by atoms with E-state index in [-0.39, 0.29) is 6.17 Å². The maximum Gasteiger partial charge on any atom is 0.133 e. The number of anilines is 2. The summed E-state index contributed by atoms with van der Waals surface area (Å²) in [6.07, 6.45) is 0.168. The molecule has 1 aliphatic rings. The molecule has 0 saturated carbocycles. The molecule has 1 atom stereocenters. The van der Waals surface area contributed by atoms with E-state index in [1.807, 2.05) is 11.3 Å². The van der Waals surface area contributed by atoms with Gasteiger partial charge in [-0.3, -0.25) is 0 Å². The first-order chi connectivity index (χ1) is 9.29. The Morgan fingerprint density at radius 2 is 1.79 bits per heavy atom. The van der Waals surface area contributed by atoms with E-state index in [4.69, 9.17) is 0 Å². The summed E-state index contributed by atoms with van der Waals surface area (Å²) in [4.78, 5) is 1.31. The highest BCUT2D eigenvalue weighted by molar-refractivity contribution is 9.10. The van der Waals surface area contributed by atoms with Crippen LogP contribution in [0.1, 0.15) is 11.0 Å². The summed E-state index contributed by atoms with van der Waals surface area (Å²) >= 11 is 5.34. The Balaban J connectivity index is 1.72. The van der Waals surface area contributed by atoms with E-state index in [2.05, 4.69) is 75.1 Å². The van der Waals surface area contributed by atoms with Crippen LogP contribution >= 0.6 is 27.3 Å². The van der Waals surface area contributed by atoms with Gasteiger partial charge in [0.05, 0.1) is 11.4 Å². The van der Waals surface area contributed by atoms with Crippen LogP contribution in [0.3, 0.4) is 0 Å². The molecule has 3 aromatic rings. The maximum absolute atomic E-state index is 3.52. The van der Waals surface area contributed by atoms with Crippen LogP contribution in [0.2, 0.25) is 0 Å². The smallest absolute Gasteiger partial charge is 0.133 e. The van der Waals surface area contributed by atoms with Crippen molar-refractivity contribution in [1.82, 2.24) is 0 Å². The second kappa shape index (κ2) is 4.25. The van der Waals surface area contributed by atoms with Crippen LogP contribution in [-0.4, -0.2) is 0 Å². The summed E-state index contributed by atoms with van der Waals surface area (Å²) in [5.74, 6) is 0. The zero-order valence-corrected chi connectivity index (χ0v) is 12.4. The number of halogens is 1. The van der Waals surface area contributed by atoms with Crippen molar-refractivity contribution in [1.29, 1.82) is 0 Å². The number of hydrogen-bond acceptors (Lipinski definition) is 3. The van der Waals surface area contributed by atoms with Crippen LogP contribution in [-0.2, 0) is 0 Å². The van der Waals surface area contributed by atoms with E-state index in [9.17, 15) is 0 Å². The molecular weight excluding hydrogens is 320 g/mol. The van der Waals surface area contributed by atoms with Gasteiger partial charge in [0, 0.05) is 14.0 Å². The maximum atomic E-state index is 3.52. The number of rotatable bonds is 1. The van der Waals surface area contributed by atoms with Gasteiger partial charge in [-0.25, -0.2) is 0 Å². The number of nitrogens with one attached hydrogen (secondary N) is 2. The largest absolute Gasteiger partial charge is 0.359 e. The van der Waals surface area contributed by atoms with Crippen LogP contribution in [0.4, 0.5) is 11.4 Å². The van der Waals surface area contributed by atoms with Gasteiger partial charge >= 0.3 is 0 Å². The fourth-order valence-corrected chi connectivity index (χ4v) is 3.82. The molecule has 94 valence electrons. The highest BCUT2D eigenvalue weighted by Gasteiger charge is 2.22. The van der Waals surface area contributed by atoms with Crippen LogP contribution in [0.5, 0.6) is 0 Å². The minimum Gasteiger partial charge on any atom is -0.359 e. The summed E-state index contributed by atoms with van der Waals surface area (Å²) in [5, 5.41) is 8.35. The first kappa shape index (κ1) is 11.3. The lowest BCUT2D eigenvalue weighted by molar-refractivity contribution is 0.970. The molecule has 19 heavy (non-hydrogen) atoms. The molecule has 4 heteroatoms. The van der Waals surface area contributed by atoms with Crippen molar-refractivity contribution < 1.29 is 0 Å². The lowest BCUT2D eigenvalue weighted by Crippen LogP contribution is -2.09. The molecule has 0 spiro atoms. The third-order valence-electron chi connectivity index (χ3n) is 3.31. The summed E-state index contributed by atoms with van der Waals surface area (Å²) in [6.45, 7) is 0. The number of thiophene rings is 1. The van der Waals surface area contributed by atoms with Gasteiger partial charge in [0.15, 0.2) is 0 Å². The third kappa shape index (κ3) is 1.91. The molecule has 0 bridgehead atoms. The second-order valence-electron chi connectivity index (χ2n) is 4.60. The molecule has 0 radical (unpaired) electrons. The Morgan fingerprint density at radius 3 is 2.68 bits per heavy atom. The van der Waals surface area contributed by atoms with Gasteiger partial charge in [-0.2, -0.15) is 0 Å². The Kier molecular flexibility index (Phi) is 2.53. The quantitative estimate of drug-likeness (QED) is 0.640. The molecule has 2 heterocycles. The third-order valence-corrected chi connectivity index (χ3v) is 4.98. The van der Waals surface area contributed by atoms with E-state index in [0.717, 1.165) is 15.8 Å². The summed E-state index contributed by atoms with van der Waals surface area (Å²) in [6, 6.07) is 17.0. The van der Waals surface area contributed by atoms with E-state index in [1.54, 1.807) is 0 Å². The van der Waals surface area contributed by atoms with Crippen molar-refractivity contribution in [2.75, 3.05) is 10.6 Å². The molecule has 0 aliphatic carbocycles. The average molecular weight is 331 g/mol. The first-order valence-corrected chi connectivity index (χ1v) is 7.72.